The van der Waals surface area contributed by atoms with Gasteiger partial charge in [-0.15, -0.1) is 0 Å². The summed E-state index contributed by atoms with van der Waals surface area (Å²) in [6.45, 7) is 6.61. The summed E-state index contributed by atoms with van der Waals surface area (Å²) >= 11 is 0. The van der Waals surface area contributed by atoms with Gasteiger partial charge in [0.15, 0.2) is 0 Å². The van der Waals surface area contributed by atoms with Crippen molar-refractivity contribution >= 4 is 11.9 Å². The third-order valence-electron chi connectivity index (χ3n) is 7.53. The van der Waals surface area contributed by atoms with E-state index in [1.165, 1.54) is 44.9 Å². The molecule has 2 N–H and O–H groups in total. The lowest BCUT2D eigenvalue weighted by molar-refractivity contribution is -0.182. The molecule has 0 amide bonds. The molecule has 0 bridgehead atoms. The smallest absolute Gasteiger partial charge is 0.310 e. The van der Waals surface area contributed by atoms with E-state index in [4.69, 9.17) is 0 Å². The number of unbranched alkanes of at least 4 members (excludes halogenated alkanes) is 9. The molecule has 1 aliphatic rings. The zero-order valence-electron chi connectivity index (χ0n) is 20.0. The van der Waals surface area contributed by atoms with Gasteiger partial charge in [0, 0.05) is 0 Å². The molecule has 1 fully saturated rings. The first-order valence-corrected chi connectivity index (χ1v) is 12.8. The maximum Gasteiger partial charge on any atom is 0.310 e. The van der Waals surface area contributed by atoms with E-state index in [2.05, 4.69) is 13.8 Å². The molecule has 0 spiro atoms. The molecule has 0 aromatic carbocycles. The molecule has 1 rings (SSSR count). The van der Waals surface area contributed by atoms with Crippen LogP contribution in [0.1, 0.15) is 136 Å². The summed E-state index contributed by atoms with van der Waals surface area (Å²) in [7, 11) is 0. The number of aliphatic carboxylic acids is 2. The van der Waals surface area contributed by atoms with Crippen LogP contribution >= 0.6 is 0 Å². The normalized spacial score (nSPS) is 24.3. The predicted molar refractivity (Wildman–Crippen MR) is 124 cm³/mol. The van der Waals surface area contributed by atoms with Crippen LogP contribution in [-0.4, -0.2) is 22.2 Å². The number of hydrogen-bond donors (Lipinski definition) is 2. The lowest BCUT2D eigenvalue weighted by Crippen LogP contribution is -2.54. The Bertz CT molecular complexity index is 501. The van der Waals surface area contributed by atoms with Crippen molar-refractivity contribution in [3.05, 3.63) is 0 Å². The van der Waals surface area contributed by atoms with E-state index in [9.17, 15) is 19.8 Å². The Labute approximate surface area is 185 Å². The molecule has 0 radical (unpaired) electrons. The lowest BCUT2D eigenvalue weighted by atomic mass is 9.52. The summed E-state index contributed by atoms with van der Waals surface area (Å²) in [4.78, 5) is 24.8. The van der Waals surface area contributed by atoms with E-state index >= 15 is 0 Å². The SMILES string of the molecule is CCCCC1(C(=O)O)CCCCC1(CCCCCCCCCCCC(C)C)C(=O)O. The Kier molecular flexibility index (Phi) is 12.7. The maximum absolute atomic E-state index is 12.4. The van der Waals surface area contributed by atoms with Crippen molar-refractivity contribution in [2.75, 3.05) is 0 Å². The van der Waals surface area contributed by atoms with Gasteiger partial charge < -0.3 is 10.2 Å². The van der Waals surface area contributed by atoms with E-state index in [1.807, 2.05) is 6.92 Å². The molecule has 1 saturated carbocycles. The predicted octanol–water partition coefficient (Wildman–Crippen LogP) is 7.84. The topological polar surface area (TPSA) is 74.6 Å². The molecule has 0 heterocycles. The van der Waals surface area contributed by atoms with Crippen molar-refractivity contribution in [1.29, 1.82) is 0 Å². The summed E-state index contributed by atoms with van der Waals surface area (Å²) in [5, 5.41) is 20.3. The van der Waals surface area contributed by atoms with Crippen LogP contribution in [-0.2, 0) is 9.59 Å². The molecular formula is C26H48O4. The van der Waals surface area contributed by atoms with Crippen LogP contribution < -0.4 is 0 Å². The molecule has 30 heavy (non-hydrogen) atoms. The van der Waals surface area contributed by atoms with E-state index in [0.29, 0.717) is 25.7 Å². The molecule has 2 unspecified atom stereocenters. The first kappa shape index (κ1) is 27.0. The van der Waals surface area contributed by atoms with Gasteiger partial charge in [0.1, 0.15) is 0 Å². The Balaban J connectivity index is 2.47. The largest absolute Gasteiger partial charge is 0.481 e. The Morgan fingerprint density at radius 3 is 1.50 bits per heavy atom. The van der Waals surface area contributed by atoms with E-state index in [1.54, 1.807) is 0 Å². The highest BCUT2D eigenvalue weighted by Crippen LogP contribution is 2.56. The van der Waals surface area contributed by atoms with Gasteiger partial charge in [-0.3, -0.25) is 9.59 Å². The van der Waals surface area contributed by atoms with Crippen LogP contribution in [0.5, 0.6) is 0 Å². The van der Waals surface area contributed by atoms with E-state index < -0.39 is 22.8 Å². The van der Waals surface area contributed by atoms with Gasteiger partial charge in [-0.1, -0.05) is 111 Å². The first-order valence-electron chi connectivity index (χ1n) is 12.8. The second-order valence-electron chi connectivity index (χ2n) is 10.2. The molecule has 0 aliphatic heterocycles. The molecule has 0 saturated heterocycles. The summed E-state index contributed by atoms with van der Waals surface area (Å²) in [6.07, 6.45) is 17.6. The zero-order chi connectivity index (χ0) is 22.5. The molecule has 1 aliphatic carbocycles. The van der Waals surface area contributed by atoms with Crippen molar-refractivity contribution < 1.29 is 19.8 Å². The van der Waals surface area contributed by atoms with Crippen LogP contribution in [0.2, 0.25) is 0 Å². The summed E-state index contributed by atoms with van der Waals surface area (Å²) in [5.74, 6) is -0.942. The van der Waals surface area contributed by atoms with Crippen molar-refractivity contribution in [3.63, 3.8) is 0 Å². The second kappa shape index (κ2) is 14.1. The molecular weight excluding hydrogens is 376 g/mol. The maximum atomic E-state index is 12.4. The van der Waals surface area contributed by atoms with Gasteiger partial charge in [-0.25, -0.2) is 0 Å². The second-order valence-corrected chi connectivity index (χ2v) is 10.2. The number of carboxylic acids is 2. The van der Waals surface area contributed by atoms with Crippen molar-refractivity contribution in [2.24, 2.45) is 16.7 Å². The lowest BCUT2D eigenvalue weighted by Gasteiger charge is -2.48. The van der Waals surface area contributed by atoms with Gasteiger partial charge in [0.2, 0.25) is 0 Å². The van der Waals surface area contributed by atoms with Crippen LogP contribution in [0.25, 0.3) is 0 Å². The number of carboxylic acid groups (broad SMARTS) is 2. The van der Waals surface area contributed by atoms with Crippen LogP contribution in [0, 0.1) is 16.7 Å². The third-order valence-corrected chi connectivity index (χ3v) is 7.53. The Morgan fingerprint density at radius 1 is 0.700 bits per heavy atom. The standard InChI is InChI=1S/C26H48O4/c1-4-5-18-25(23(27)28)20-15-16-21-26(25,24(29)30)19-14-12-10-8-6-7-9-11-13-17-22(2)3/h22H,4-21H2,1-3H3,(H,27,28)(H,29,30). The third kappa shape index (κ3) is 7.57. The first-order chi connectivity index (χ1) is 14.3. The molecule has 4 nitrogen and oxygen atoms in total. The summed E-state index contributed by atoms with van der Waals surface area (Å²) < 4.78 is 0. The molecule has 176 valence electrons. The highest BCUT2D eigenvalue weighted by Gasteiger charge is 2.61. The quantitative estimate of drug-likeness (QED) is 0.233. The average Bonchev–Trinajstić information content (AvgIpc) is 2.70. The van der Waals surface area contributed by atoms with Gasteiger partial charge in [-0.05, 0) is 31.6 Å². The van der Waals surface area contributed by atoms with Crippen molar-refractivity contribution in [1.82, 2.24) is 0 Å². The van der Waals surface area contributed by atoms with Crippen molar-refractivity contribution in [3.8, 4) is 0 Å². The summed E-state index contributed by atoms with van der Waals surface area (Å²) in [6, 6.07) is 0. The molecule has 2 atom stereocenters. The highest BCUT2D eigenvalue weighted by molar-refractivity contribution is 5.87. The monoisotopic (exact) mass is 424 g/mol. The fourth-order valence-electron chi connectivity index (χ4n) is 5.59. The fourth-order valence-corrected chi connectivity index (χ4v) is 5.59. The van der Waals surface area contributed by atoms with Crippen LogP contribution in [0.3, 0.4) is 0 Å². The van der Waals surface area contributed by atoms with Gasteiger partial charge in [0.25, 0.3) is 0 Å². The Hall–Kier alpha value is -1.06. The minimum absolute atomic E-state index is 0.502. The minimum Gasteiger partial charge on any atom is -0.481 e. The minimum atomic E-state index is -1.08. The number of rotatable bonds is 17. The van der Waals surface area contributed by atoms with Crippen molar-refractivity contribution in [2.45, 2.75) is 136 Å². The molecule has 4 heteroatoms. The molecule has 0 aromatic rings. The van der Waals surface area contributed by atoms with E-state index in [-0.39, 0.29) is 0 Å². The number of hydrogen-bond acceptors (Lipinski definition) is 2. The molecule has 0 aromatic heterocycles. The number of carbonyl (C=O) groups is 2. The average molecular weight is 425 g/mol. The zero-order valence-corrected chi connectivity index (χ0v) is 20.0. The van der Waals surface area contributed by atoms with Gasteiger partial charge in [0.05, 0.1) is 10.8 Å². The summed E-state index contributed by atoms with van der Waals surface area (Å²) in [5.41, 5.74) is -2.16. The Morgan fingerprint density at radius 2 is 1.10 bits per heavy atom. The van der Waals surface area contributed by atoms with E-state index in [0.717, 1.165) is 50.9 Å². The highest BCUT2D eigenvalue weighted by atomic mass is 16.4. The van der Waals surface area contributed by atoms with Crippen LogP contribution in [0.15, 0.2) is 0 Å². The van der Waals surface area contributed by atoms with Crippen LogP contribution in [0.4, 0.5) is 0 Å². The van der Waals surface area contributed by atoms with Gasteiger partial charge in [-0.2, -0.15) is 0 Å². The van der Waals surface area contributed by atoms with Gasteiger partial charge >= 0.3 is 11.9 Å². The fraction of sp³-hybridized carbons (Fsp3) is 0.923.